The molecule has 164 valence electrons. The van der Waals surface area contributed by atoms with Crippen LogP contribution < -0.4 is 5.32 Å². The van der Waals surface area contributed by atoms with E-state index >= 15 is 0 Å². The molecule has 0 aliphatic heterocycles. The Labute approximate surface area is 180 Å². The molecule has 0 fully saturated rings. The van der Waals surface area contributed by atoms with Crippen LogP contribution in [0.4, 0.5) is 5.00 Å². The number of esters is 1. The number of thiophene rings is 1. The van der Waals surface area contributed by atoms with Crippen LogP contribution in [0.3, 0.4) is 0 Å². The van der Waals surface area contributed by atoms with Gasteiger partial charge in [-0.25, -0.2) is 4.79 Å². The molecule has 0 saturated carbocycles. The van der Waals surface area contributed by atoms with Gasteiger partial charge >= 0.3 is 5.97 Å². The minimum Gasteiger partial charge on any atom is -0.462 e. The lowest BCUT2D eigenvalue weighted by atomic mass is 9.85. The Balaban J connectivity index is 1.89. The van der Waals surface area contributed by atoms with Crippen LogP contribution in [0, 0.1) is 5.92 Å². The molecular weight excluding hydrogens is 382 g/mol. The Morgan fingerprint density at radius 1 is 1.03 bits per heavy atom. The number of ether oxygens (including phenoxy) is 1. The lowest BCUT2D eigenvalue weighted by molar-refractivity contribution is -0.116. The average molecular weight is 422 g/mol. The summed E-state index contributed by atoms with van der Waals surface area (Å²) in [6, 6.07) is 0. The summed E-state index contributed by atoms with van der Waals surface area (Å²) in [6.07, 6.45) is 14.4. The first kappa shape index (κ1) is 23.9. The van der Waals surface area contributed by atoms with Crippen molar-refractivity contribution in [1.29, 1.82) is 0 Å². The van der Waals surface area contributed by atoms with Gasteiger partial charge in [0, 0.05) is 11.3 Å². The van der Waals surface area contributed by atoms with Crippen molar-refractivity contribution in [1.82, 2.24) is 0 Å². The number of fused-ring (bicyclic) bond motifs is 1. The number of rotatable bonds is 13. The molecule has 0 aromatic carbocycles. The van der Waals surface area contributed by atoms with E-state index in [2.05, 4.69) is 19.2 Å². The van der Waals surface area contributed by atoms with Crippen molar-refractivity contribution in [3.05, 3.63) is 16.0 Å². The molecule has 1 amide bonds. The van der Waals surface area contributed by atoms with Crippen LogP contribution in [0.1, 0.15) is 112 Å². The van der Waals surface area contributed by atoms with Gasteiger partial charge in [-0.3, -0.25) is 4.79 Å². The summed E-state index contributed by atoms with van der Waals surface area (Å²) >= 11 is 1.59. The highest BCUT2D eigenvalue weighted by Gasteiger charge is 2.29. The van der Waals surface area contributed by atoms with E-state index in [9.17, 15) is 9.59 Å². The Morgan fingerprint density at radius 2 is 1.72 bits per heavy atom. The lowest BCUT2D eigenvalue weighted by Crippen LogP contribution is -2.17. The van der Waals surface area contributed by atoms with E-state index < -0.39 is 0 Å². The average Bonchev–Trinajstić information content (AvgIpc) is 3.06. The van der Waals surface area contributed by atoms with Gasteiger partial charge in [0.1, 0.15) is 5.00 Å². The Morgan fingerprint density at radius 3 is 2.38 bits per heavy atom. The monoisotopic (exact) mass is 421 g/mol. The fourth-order valence-corrected chi connectivity index (χ4v) is 5.48. The van der Waals surface area contributed by atoms with Crippen LogP contribution in [-0.4, -0.2) is 18.5 Å². The summed E-state index contributed by atoms with van der Waals surface area (Å²) in [5, 5.41) is 3.74. The molecule has 1 aromatic rings. The molecule has 1 N–H and O–H groups in total. The van der Waals surface area contributed by atoms with Gasteiger partial charge in [-0.2, -0.15) is 0 Å². The number of amides is 1. The highest BCUT2D eigenvalue weighted by molar-refractivity contribution is 7.17. The third kappa shape index (κ3) is 7.44. The molecule has 0 bridgehead atoms. The number of carbonyl (C=O) groups excluding carboxylic acids is 2. The zero-order chi connectivity index (χ0) is 21.1. The van der Waals surface area contributed by atoms with Crippen LogP contribution in [0.15, 0.2) is 0 Å². The molecule has 1 aromatic heterocycles. The predicted octanol–water partition coefficient (Wildman–Crippen LogP) is 6.91. The van der Waals surface area contributed by atoms with Gasteiger partial charge in [0.05, 0.1) is 12.2 Å². The summed E-state index contributed by atoms with van der Waals surface area (Å²) in [7, 11) is 0. The minimum absolute atomic E-state index is 0.0205. The van der Waals surface area contributed by atoms with Gasteiger partial charge in [0.25, 0.3) is 0 Å². The number of hydrogen-bond acceptors (Lipinski definition) is 4. The highest BCUT2D eigenvalue weighted by Crippen LogP contribution is 2.40. The van der Waals surface area contributed by atoms with Crippen LogP contribution in [0.2, 0.25) is 0 Å². The molecule has 2 rings (SSSR count). The van der Waals surface area contributed by atoms with Crippen LogP contribution >= 0.6 is 11.3 Å². The molecule has 1 aliphatic rings. The Bertz CT molecular complexity index is 653. The van der Waals surface area contributed by atoms with E-state index in [-0.39, 0.29) is 11.9 Å². The zero-order valence-electron chi connectivity index (χ0n) is 18.6. The molecule has 1 atom stereocenters. The molecule has 1 heterocycles. The smallest absolute Gasteiger partial charge is 0.341 e. The Kier molecular flexibility index (Phi) is 10.8. The summed E-state index contributed by atoms with van der Waals surface area (Å²) in [5.41, 5.74) is 1.73. The molecule has 4 nitrogen and oxygen atoms in total. The van der Waals surface area contributed by atoms with Gasteiger partial charge < -0.3 is 10.1 Å². The molecule has 1 unspecified atom stereocenters. The van der Waals surface area contributed by atoms with Crippen molar-refractivity contribution in [3.8, 4) is 0 Å². The summed E-state index contributed by atoms with van der Waals surface area (Å²) < 4.78 is 5.30. The first-order chi connectivity index (χ1) is 14.1. The predicted molar refractivity (Wildman–Crippen MR) is 122 cm³/mol. The molecule has 0 saturated heterocycles. The lowest BCUT2D eigenvalue weighted by Gasteiger charge is -2.20. The van der Waals surface area contributed by atoms with Crippen molar-refractivity contribution < 1.29 is 14.3 Å². The second-order valence-electron chi connectivity index (χ2n) is 8.22. The van der Waals surface area contributed by atoms with E-state index in [1.807, 2.05) is 6.92 Å². The second-order valence-corrected chi connectivity index (χ2v) is 9.32. The van der Waals surface area contributed by atoms with Crippen molar-refractivity contribution in [2.45, 2.75) is 104 Å². The first-order valence-corrected chi connectivity index (χ1v) is 12.5. The topological polar surface area (TPSA) is 55.4 Å². The maximum absolute atomic E-state index is 12.6. The van der Waals surface area contributed by atoms with Crippen molar-refractivity contribution in [2.75, 3.05) is 11.9 Å². The SMILES string of the molecule is CCCCCCCCCCC(=O)Nc1sc2c(c1C(=O)OCC)CCC(CC)C2. The maximum atomic E-state index is 12.6. The van der Waals surface area contributed by atoms with Gasteiger partial charge in [-0.15, -0.1) is 11.3 Å². The van der Waals surface area contributed by atoms with Gasteiger partial charge in [0.15, 0.2) is 0 Å². The largest absolute Gasteiger partial charge is 0.462 e. The third-order valence-electron chi connectivity index (χ3n) is 5.93. The summed E-state index contributed by atoms with van der Waals surface area (Å²) in [4.78, 5) is 26.3. The number of hydrogen-bond donors (Lipinski definition) is 1. The van der Waals surface area contributed by atoms with Gasteiger partial charge in [-0.05, 0) is 44.1 Å². The van der Waals surface area contributed by atoms with Crippen molar-refractivity contribution >= 4 is 28.2 Å². The van der Waals surface area contributed by atoms with Gasteiger partial charge in [0.2, 0.25) is 5.91 Å². The maximum Gasteiger partial charge on any atom is 0.341 e. The highest BCUT2D eigenvalue weighted by atomic mass is 32.1. The third-order valence-corrected chi connectivity index (χ3v) is 7.10. The first-order valence-electron chi connectivity index (χ1n) is 11.7. The molecule has 29 heavy (non-hydrogen) atoms. The van der Waals surface area contributed by atoms with E-state index in [0.717, 1.165) is 44.1 Å². The molecule has 5 heteroatoms. The fraction of sp³-hybridized carbons (Fsp3) is 0.750. The van der Waals surface area contributed by atoms with E-state index in [4.69, 9.17) is 4.74 Å². The molecule has 0 spiro atoms. The standard InChI is InChI=1S/C24H39NO3S/c1-4-7-8-9-10-11-12-13-14-21(26)25-23-22(24(27)28-6-3)19-16-15-18(5-2)17-20(19)29-23/h18H,4-17H2,1-3H3,(H,25,26). The summed E-state index contributed by atoms with van der Waals surface area (Å²) in [6.45, 7) is 6.64. The number of carbonyl (C=O) groups is 2. The summed E-state index contributed by atoms with van der Waals surface area (Å²) in [5.74, 6) is 0.409. The number of anilines is 1. The second kappa shape index (κ2) is 13.0. The van der Waals surface area contributed by atoms with Crippen molar-refractivity contribution in [2.24, 2.45) is 5.92 Å². The normalized spacial score (nSPS) is 15.8. The number of nitrogens with one attached hydrogen (secondary N) is 1. The van der Waals surface area contributed by atoms with Gasteiger partial charge in [-0.1, -0.05) is 65.2 Å². The van der Waals surface area contributed by atoms with Crippen LogP contribution in [-0.2, 0) is 22.4 Å². The van der Waals surface area contributed by atoms with Crippen molar-refractivity contribution in [3.63, 3.8) is 0 Å². The van der Waals surface area contributed by atoms with Crippen LogP contribution in [0.25, 0.3) is 0 Å². The minimum atomic E-state index is -0.290. The van der Waals surface area contributed by atoms with E-state index in [1.54, 1.807) is 11.3 Å². The number of unbranched alkanes of at least 4 members (excludes halogenated alkanes) is 7. The molecule has 1 aliphatic carbocycles. The zero-order valence-corrected chi connectivity index (χ0v) is 19.4. The van der Waals surface area contributed by atoms with E-state index in [0.29, 0.717) is 29.5 Å². The fourth-order valence-electron chi connectivity index (χ4n) is 4.12. The quantitative estimate of drug-likeness (QED) is 0.278. The molecular formula is C24H39NO3S. The molecule has 0 radical (unpaired) electrons. The Hall–Kier alpha value is -1.36. The van der Waals surface area contributed by atoms with Crippen LogP contribution in [0.5, 0.6) is 0 Å². The van der Waals surface area contributed by atoms with E-state index in [1.165, 1.54) is 43.4 Å².